The number of amides is 3. The van der Waals surface area contributed by atoms with Crippen LogP contribution < -0.4 is 16.0 Å². The average Bonchev–Trinajstić information content (AvgIpc) is 3.40. The molecule has 7 atom stereocenters. The summed E-state index contributed by atoms with van der Waals surface area (Å²) < 4.78 is 0. The fourth-order valence-electron chi connectivity index (χ4n) is 8.17. The number of hydrogen-bond donors (Lipinski definition) is 3. The number of aromatic nitrogens is 1. The molecule has 1 aromatic rings. The topological polar surface area (TPSA) is 86.4 Å². The van der Waals surface area contributed by atoms with Crippen molar-refractivity contribution in [2.75, 3.05) is 32.5 Å². The van der Waals surface area contributed by atoms with Crippen molar-refractivity contribution in [1.82, 2.24) is 20.5 Å². The third-order valence-electron chi connectivity index (χ3n) is 9.89. The summed E-state index contributed by atoms with van der Waals surface area (Å²) in [5.41, 5.74) is 1.50. The van der Waals surface area contributed by atoms with Crippen molar-refractivity contribution in [2.45, 2.75) is 64.3 Å². The van der Waals surface area contributed by atoms with Crippen LogP contribution in [0.3, 0.4) is 0 Å². The van der Waals surface area contributed by atoms with E-state index in [0.717, 1.165) is 18.7 Å². The smallest absolute Gasteiger partial charge is 0.321 e. The molecule has 0 aromatic carbocycles. The van der Waals surface area contributed by atoms with Crippen molar-refractivity contribution in [3.8, 4) is 0 Å². The summed E-state index contributed by atoms with van der Waals surface area (Å²) in [6, 6.07) is 0.139. The first-order chi connectivity index (χ1) is 16.3. The predicted octanol–water partition coefficient (Wildman–Crippen LogP) is 4.21. The lowest BCUT2D eigenvalue weighted by Gasteiger charge is -2.60. The largest absolute Gasteiger partial charge is 0.338 e. The summed E-state index contributed by atoms with van der Waals surface area (Å²) in [6.07, 6.45) is 11.3. The molecule has 0 saturated heterocycles. The lowest BCUT2D eigenvalue weighted by molar-refractivity contribution is -0.138. The summed E-state index contributed by atoms with van der Waals surface area (Å²) in [5, 5.41) is 11.6. The molecule has 0 unspecified atom stereocenters. The molecule has 3 amide bonds. The number of carbonyl (C=O) groups is 2. The molecule has 34 heavy (non-hydrogen) atoms. The molecule has 4 aliphatic rings. The molecular weight excluding hydrogens is 446 g/mol. The molecule has 0 bridgehead atoms. The molecule has 3 fully saturated rings. The van der Waals surface area contributed by atoms with Crippen LogP contribution in [0.5, 0.6) is 0 Å². The van der Waals surface area contributed by atoms with Crippen molar-refractivity contribution in [3.63, 3.8) is 0 Å². The minimum Gasteiger partial charge on any atom is -0.338 e. The minimum atomic E-state index is -0.193. The monoisotopic (exact) mass is 485 g/mol. The molecule has 0 radical (unpaired) electrons. The first kappa shape index (κ1) is 23.8. The van der Waals surface area contributed by atoms with E-state index in [2.05, 4.69) is 41.3 Å². The van der Waals surface area contributed by atoms with E-state index in [0.29, 0.717) is 41.4 Å². The summed E-state index contributed by atoms with van der Waals surface area (Å²) in [6.45, 7) is 6.24. The van der Waals surface area contributed by atoms with Crippen LogP contribution in [-0.4, -0.2) is 55.0 Å². The molecule has 1 aliphatic heterocycles. The Kier molecular flexibility index (Phi) is 6.25. The van der Waals surface area contributed by atoms with Gasteiger partial charge in [0.2, 0.25) is 5.91 Å². The van der Waals surface area contributed by atoms with Gasteiger partial charge in [-0.3, -0.25) is 10.1 Å². The maximum Gasteiger partial charge on any atom is 0.321 e. The highest BCUT2D eigenvalue weighted by molar-refractivity contribution is 7.13. The number of hydrogen-bond acceptors (Lipinski definition) is 5. The van der Waals surface area contributed by atoms with E-state index >= 15 is 0 Å². The number of thiazole rings is 1. The molecule has 2 heterocycles. The molecule has 7 nitrogen and oxygen atoms in total. The summed E-state index contributed by atoms with van der Waals surface area (Å²) in [4.78, 5) is 31.3. The van der Waals surface area contributed by atoms with E-state index in [-0.39, 0.29) is 22.8 Å². The fourth-order valence-corrected chi connectivity index (χ4v) is 8.93. The molecule has 3 N–H and O–H groups in total. The summed E-state index contributed by atoms with van der Waals surface area (Å²) in [5.74, 6) is 2.67. The number of nitrogens with one attached hydrogen (secondary N) is 3. The first-order valence-corrected chi connectivity index (χ1v) is 13.8. The molecule has 1 aromatic heterocycles. The van der Waals surface area contributed by atoms with E-state index in [1.807, 2.05) is 25.1 Å². The van der Waals surface area contributed by atoms with Crippen molar-refractivity contribution in [3.05, 3.63) is 23.2 Å². The lowest BCUT2D eigenvalue weighted by Crippen LogP contribution is -2.59. The van der Waals surface area contributed by atoms with Gasteiger partial charge in [0.05, 0.1) is 5.69 Å². The first-order valence-electron chi connectivity index (χ1n) is 12.9. The van der Waals surface area contributed by atoms with Gasteiger partial charge in [0, 0.05) is 42.9 Å². The standard InChI is InChI=1S/C26H39N5O2S/c1-25-11-9-18-16(5-8-21-26(18,2)12-10-22(32)31(21)4)17(25)6-7-19(25)20-15-34-24(29-20)30-23(33)28-14-13-27-3/h10,12,15-19,21,27H,5-9,11,13-14H2,1-4H3,(H2,28,29,30,33)/t16-,17-,18-,19+,21+,25-,26+/m0/s1. The van der Waals surface area contributed by atoms with E-state index in [9.17, 15) is 9.59 Å². The second-order valence-corrected chi connectivity index (χ2v) is 12.2. The predicted molar refractivity (Wildman–Crippen MR) is 136 cm³/mol. The van der Waals surface area contributed by atoms with Crippen LogP contribution >= 0.6 is 11.3 Å². The quantitative estimate of drug-likeness (QED) is 0.546. The van der Waals surface area contributed by atoms with Crippen LogP contribution in [0.2, 0.25) is 0 Å². The van der Waals surface area contributed by atoms with Crippen LogP contribution in [0.4, 0.5) is 9.93 Å². The van der Waals surface area contributed by atoms with Gasteiger partial charge in [0.15, 0.2) is 5.13 Å². The van der Waals surface area contributed by atoms with Crippen molar-refractivity contribution in [1.29, 1.82) is 0 Å². The highest BCUT2D eigenvalue weighted by Crippen LogP contribution is 2.67. The lowest BCUT2D eigenvalue weighted by atomic mass is 9.47. The van der Waals surface area contributed by atoms with Crippen molar-refractivity contribution in [2.24, 2.45) is 28.6 Å². The Morgan fingerprint density at radius 3 is 2.79 bits per heavy atom. The number of urea groups is 1. The van der Waals surface area contributed by atoms with Gasteiger partial charge in [0.1, 0.15) is 0 Å². The number of carbonyl (C=O) groups excluding carboxylic acids is 2. The number of rotatable bonds is 5. The van der Waals surface area contributed by atoms with Crippen LogP contribution in [-0.2, 0) is 4.79 Å². The van der Waals surface area contributed by atoms with Gasteiger partial charge in [-0.15, -0.1) is 11.3 Å². The van der Waals surface area contributed by atoms with Gasteiger partial charge >= 0.3 is 6.03 Å². The van der Waals surface area contributed by atoms with Gasteiger partial charge in [-0.1, -0.05) is 19.9 Å². The Labute approximate surface area is 207 Å². The zero-order chi connectivity index (χ0) is 24.1. The maximum atomic E-state index is 12.3. The number of fused-ring (bicyclic) bond motifs is 5. The Morgan fingerprint density at radius 1 is 1.18 bits per heavy atom. The Bertz CT molecular complexity index is 978. The van der Waals surface area contributed by atoms with Crippen LogP contribution in [0.1, 0.15) is 64.0 Å². The summed E-state index contributed by atoms with van der Waals surface area (Å²) >= 11 is 1.53. The maximum absolute atomic E-state index is 12.3. The second kappa shape index (κ2) is 8.94. The third-order valence-corrected chi connectivity index (χ3v) is 10.7. The van der Waals surface area contributed by atoms with Gasteiger partial charge in [-0.2, -0.15) is 0 Å². The zero-order valence-corrected chi connectivity index (χ0v) is 21.7. The highest BCUT2D eigenvalue weighted by Gasteiger charge is 2.60. The molecule has 186 valence electrons. The molecule has 8 heteroatoms. The van der Waals surface area contributed by atoms with Crippen molar-refractivity contribution >= 4 is 28.4 Å². The molecular formula is C26H39N5O2S. The number of likely N-dealkylation sites (N-methyl/N-ethyl adjacent to an activating group) is 2. The van der Waals surface area contributed by atoms with Gasteiger partial charge in [-0.05, 0) is 74.8 Å². The molecule has 3 saturated carbocycles. The zero-order valence-electron chi connectivity index (χ0n) is 20.9. The van der Waals surface area contributed by atoms with Crippen LogP contribution in [0.15, 0.2) is 17.5 Å². The SMILES string of the molecule is CNCCNC(=O)Nc1nc([C@H]2CC[C@H]3[C@@H]4CC[C@H]5N(C)C(=O)C=C[C@]5(C)[C@H]4CC[C@]23C)cs1. The van der Waals surface area contributed by atoms with E-state index < -0.39 is 0 Å². The van der Waals surface area contributed by atoms with Crippen LogP contribution in [0.25, 0.3) is 0 Å². The normalized spacial score (nSPS) is 38.8. The van der Waals surface area contributed by atoms with Gasteiger partial charge in [0.25, 0.3) is 0 Å². The fraction of sp³-hybridized carbons (Fsp3) is 0.731. The second-order valence-electron chi connectivity index (χ2n) is 11.4. The van der Waals surface area contributed by atoms with Crippen molar-refractivity contribution < 1.29 is 9.59 Å². The van der Waals surface area contributed by atoms with E-state index in [1.165, 1.54) is 43.4 Å². The minimum absolute atomic E-state index is 0.0867. The van der Waals surface area contributed by atoms with E-state index in [4.69, 9.17) is 4.98 Å². The van der Waals surface area contributed by atoms with E-state index in [1.54, 1.807) is 0 Å². The molecule has 5 rings (SSSR count). The van der Waals surface area contributed by atoms with Gasteiger partial charge < -0.3 is 15.5 Å². The number of anilines is 1. The van der Waals surface area contributed by atoms with Gasteiger partial charge in [-0.25, -0.2) is 9.78 Å². The Balaban J connectivity index is 1.31. The molecule has 0 spiro atoms. The Hall–Kier alpha value is -1.93. The Morgan fingerprint density at radius 2 is 2.00 bits per heavy atom. The summed E-state index contributed by atoms with van der Waals surface area (Å²) in [7, 11) is 3.86. The number of nitrogens with zero attached hydrogens (tertiary/aromatic N) is 2. The highest BCUT2D eigenvalue weighted by atomic mass is 32.1. The molecule has 3 aliphatic carbocycles. The van der Waals surface area contributed by atoms with Crippen LogP contribution in [0, 0.1) is 28.6 Å². The average molecular weight is 486 g/mol. The third kappa shape index (κ3) is 3.77.